The monoisotopic (exact) mass is 999 g/mol. The van der Waals surface area contributed by atoms with Crippen molar-refractivity contribution in [2.24, 2.45) is 17.6 Å². The zero-order valence-electron chi connectivity index (χ0n) is 39.5. The number of aliphatic hydroxyl groups is 2. The maximum Gasteiger partial charge on any atom is 0.336 e. The molecule has 8 atom stereocenters. The Kier molecular flexibility index (Phi) is 23.7. The van der Waals surface area contributed by atoms with Crippen LogP contribution in [0.15, 0.2) is 48.5 Å². The predicted octanol–water partition coefficient (Wildman–Crippen LogP) is -3.49. The van der Waals surface area contributed by atoms with Gasteiger partial charge >= 0.3 is 17.9 Å². The minimum Gasteiger partial charge on any atom is -0.480 e. The highest BCUT2D eigenvalue weighted by Gasteiger charge is 2.35. The molecule has 0 aliphatic carbocycles. The highest BCUT2D eigenvalue weighted by Crippen LogP contribution is 2.15. The molecule has 0 aromatic heterocycles. The van der Waals surface area contributed by atoms with Gasteiger partial charge in [-0.25, -0.2) is 14.4 Å². The lowest BCUT2D eigenvalue weighted by atomic mass is 9.96. The third-order valence-electron chi connectivity index (χ3n) is 10.6. The maximum atomic E-state index is 13.7. The van der Waals surface area contributed by atoms with Crippen molar-refractivity contribution in [1.29, 1.82) is 0 Å². The van der Waals surface area contributed by atoms with Gasteiger partial charge in [-0.15, -0.1) is 0 Å². The Morgan fingerprint density at radius 2 is 1.14 bits per heavy atom. The Morgan fingerprint density at radius 3 is 1.68 bits per heavy atom. The topological polar surface area (TPSA) is 428 Å². The number of nitrogens with two attached hydrogens (primary N) is 1. The minimum absolute atomic E-state index is 0.00727. The van der Waals surface area contributed by atoms with Gasteiger partial charge in [0.05, 0.1) is 42.9 Å². The number of rotatable bonds is 29. The zero-order chi connectivity index (χ0) is 53.7. The average molecular weight is 1000 g/mol. The van der Waals surface area contributed by atoms with Crippen LogP contribution in [0.25, 0.3) is 0 Å². The molecular formula is C45H61N9O17. The molecule has 0 bridgehead atoms. The molecule has 0 aliphatic heterocycles. The second-order valence-electron chi connectivity index (χ2n) is 16.7. The quantitative estimate of drug-likeness (QED) is 0.0376. The first-order valence-electron chi connectivity index (χ1n) is 22.1. The van der Waals surface area contributed by atoms with E-state index in [1.807, 2.05) is 5.32 Å². The molecule has 2 rings (SSSR count). The Morgan fingerprint density at radius 1 is 0.577 bits per heavy atom. The third-order valence-corrected chi connectivity index (χ3v) is 10.6. The second-order valence-corrected chi connectivity index (χ2v) is 16.7. The van der Waals surface area contributed by atoms with Crippen molar-refractivity contribution < 1.29 is 83.1 Å². The van der Waals surface area contributed by atoms with E-state index in [0.29, 0.717) is 12.0 Å². The van der Waals surface area contributed by atoms with Crippen molar-refractivity contribution in [2.45, 2.75) is 103 Å². The van der Waals surface area contributed by atoms with Crippen LogP contribution in [-0.4, -0.2) is 159 Å². The van der Waals surface area contributed by atoms with Gasteiger partial charge in [0.2, 0.25) is 47.3 Å². The summed E-state index contributed by atoms with van der Waals surface area (Å²) in [4.78, 5) is 153. The first kappa shape index (κ1) is 59.1. The summed E-state index contributed by atoms with van der Waals surface area (Å²) in [5.74, 6) is -14.6. The summed E-state index contributed by atoms with van der Waals surface area (Å²) < 4.78 is 0. The third kappa shape index (κ3) is 19.1. The smallest absolute Gasteiger partial charge is 0.336 e. The van der Waals surface area contributed by atoms with E-state index in [0.717, 1.165) is 18.2 Å². The lowest BCUT2D eigenvalue weighted by molar-refractivity contribution is -0.143. The van der Waals surface area contributed by atoms with Crippen LogP contribution in [0, 0.1) is 11.8 Å². The first-order chi connectivity index (χ1) is 33.3. The largest absolute Gasteiger partial charge is 0.480 e. The average Bonchev–Trinajstić information content (AvgIpc) is 3.31. The molecule has 0 saturated carbocycles. The van der Waals surface area contributed by atoms with Gasteiger partial charge in [-0.3, -0.25) is 43.2 Å². The van der Waals surface area contributed by atoms with Crippen LogP contribution in [0.4, 0.5) is 0 Å². The lowest BCUT2D eigenvalue weighted by Gasteiger charge is -2.29. The Labute approximate surface area is 406 Å². The number of hydrogen-bond donors (Lipinski definition) is 14. The molecule has 71 heavy (non-hydrogen) atoms. The molecule has 26 nitrogen and oxygen atoms in total. The molecule has 0 saturated heterocycles. The number of nitrogens with one attached hydrogen (secondary N) is 8. The number of carbonyl (C=O) groups excluding carboxylic acids is 9. The molecule has 0 heterocycles. The number of benzene rings is 2. The van der Waals surface area contributed by atoms with Gasteiger partial charge in [-0.05, 0) is 48.9 Å². The first-order valence-corrected chi connectivity index (χ1v) is 22.1. The van der Waals surface area contributed by atoms with Gasteiger partial charge < -0.3 is 73.8 Å². The predicted molar refractivity (Wildman–Crippen MR) is 247 cm³/mol. The molecule has 0 spiro atoms. The van der Waals surface area contributed by atoms with Crippen LogP contribution in [0.3, 0.4) is 0 Å². The van der Waals surface area contributed by atoms with E-state index in [2.05, 4.69) is 37.2 Å². The van der Waals surface area contributed by atoms with E-state index in [9.17, 15) is 78.0 Å². The summed E-state index contributed by atoms with van der Waals surface area (Å²) in [6.45, 7) is 5.33. The summed E-state index contributed by atoms with van der Waals surface area (Å²) in [5, 5.41) is 65.7. The van der Waals surface area contributed by atoms with Crippen molar-refractivity contribution >= 4 is 71.1 Å². The Balaban J connectivity index is 2.22. The highest BCUT2D eigenvalue weighted by molar-refractivity contribution is 6.08. The molecule has 2 aromatic rings. The summed E-state index contributed by atoms with van der Waals surface area (Å²) in [6.07, 6.45) is -0.700. The molecule has 26 heteroatoms. The number of amides is 9. The maximum absolute atomic E-state index is 13.7. The Hall–Kier alpha value is -8.00. The molecule has 0 aliphatic rings. The molecule has 0 radical (unpaired) electrons. The molecule has 0 fully saturated rings. The number of aliphatic hydroxyl groups excluding tert-OH is 2. The minimum atomic E-state index is -1.79. The number of aromatic carboxylic acids is 2. The standard InChI is InChI=1S/C45H61N9O17/c1-6-22(4)35(42(65)51-28(14-21(2)3)39(62)52-31(19-55)41(64)53-32(20-56)45(70)71)54-36(59)23(5)48-34(58)18-47-38(61)29(15-24-10-8-7-9-11-24)50-40(63)30(17-33(46)57)49-37(60)26-13-12-25(43(66)67)16-27(26)44(68)69/h7-13,16,21-23,28-32,35,55-56H,6,14-15,17-20H2,1-5H3,(H2,46,57)(H,47,61)(H,48,58)(H,49,60)(H,50,63)(H,51,65)(H,52,62)(H,53,64)(H,54,59)(H,66,67)(H,68,69)(H,70,71)/t22-,23-,28-,29-,30-,31-,32-,35-/m0/s1. The highest BCUT2D eigenvalue weighted by atomic mass is 16.4. The van der Waals surface area contributed by atoms with Crippen LogP contribution in [0.1, 0.15) is 90.5 Å². The summed E-state index contributed by atoms with van der Waals surface area (Å²) in [5.41, 5.74) is 4.08. The van der Waals surface area contributed by atoms with E-state index < -0.39 is 162 Å². The number of aliphatic carboxylic acids is 1. The Bertz CT molecular complexity index is 2290. The van der Waals surface area contributed by atoms with Crippen LogP contribution >= 0.6 is 0 Å². The fourth-order valence-electron chi connectivity index (χ4n) is 6.55. The van der Waals surface area contributed by atoms with E-state index >= 15 is 0 Å². The van der Waals surface area contributed by atoms with Crippen molar-refractivity contribution in [1.82, 2.24) is 42.5 Å². The summed E-state index contributed by atoms with van der Waals surface area (Å²) in [7, 11) is 0. The summed E-state index contributed by atoms with van der Waals surface area (Å²) in [6, 6.07) is 0.0503. The zero-order valence-corrected chi connectivity index (χ0v) is 39.5. The van der Waals surface area contributed by atoms with E-state index in [1.165, 1.54) is 6.92 Å². The van der Waals surface area contributed by atoms with Crippen molar-refractivity contribution in [3.63, 3.8) is 0 Å². The van der Waals surface area contributed by atoms with Gasteiger partial charge in [-0.2, -0.15) is 0 Å². The SMILES string of the molecule is CC[C@H](C)[C@H](NC(=O)[C@H](C)NC(=O)CNC(=O)[C@H](Cc1ccccc1)NC(=O)[C@H](CC(N)=O)NC(=O)c1ccc(C(=O)O)cc1C(=O)O)C(=O)N[C@@H](CC(C)C)C(=O)N[C@@H](CO)C(=O)N[C@@H](CO)C(=O)O. The van der Waals surface area contributed by atoms with E-state index in [-0.39, 0.29) is 18.8 Å². The van der Waals surface area contributed by atoms with Crippen LogP contribution < -0.4 is 48.3 Å². The van der Waals surface area contributed by atoms with Gasteiger partial charge in [0.25, 0.3) is 5.91 Å². The summed E-state index contributed by atoms with van der Waals surface area (Å²) >= 11 is 0. The second kappa shape index (κ2) is 28.5. The molecular weight excluding hydrogens is 939 g/mol. The molecule has 388 valence electrons. The molecule has 9 amide bonds. The van der Waals surface area contributed by atoms with Gasteiger partial charge in [0, 0.05) is 6.42 Å². The number of primary amides is 1. The van der Waals surface area contributed by atoms with Gasteiger partial charge in [-0.1, -0.05) is 64.4 Å². The number of hydrogen-bond acceptors (Lipinski definition) is 14. The normalized spacial score (nSPS) is 14.3. The van der Waals surface area contributed by atoms with Crippen LogP contribution in [0.5, 0.6) is 0 Å². The lowest BCUT2D eigenvalue weighted by Crippen LogP contribution is -2.60. The molecule has 0 unspecified atom stereocenters. The fraction of sp³-hybridized carbons (Fsp3) is 0.467. The van der Waals surface area contributed by atoms with Crippen molar-refractivity contribution in [3.8, 4) is 0 Å². The van der Waals surface area contributed by atoms with Crippen molar-refractivity contribution in [2.75, 3.05) is 19.8 Å². The number of carboxylic acids is 3. The fourth-order valence-corrected chi connectivity index (χ4v) is 6.55. The van der Waals surface area contributed by atoms with Gasteiger partial charge in [0.1, 0.15) is 42.3 Å². The number of carboxylic acid groups (broad SMARTS) is 3. The van der Waals surface area contributed by atoms with E-state index in [4.69, 9.17) is 10.8 Å². The molecule has 15 N–H and O–H groups in total. The van der Waals surface area contributed by atoms with E-state index in [1.54, 1.807) is 58.0 Å². The number of carbonyl (C=O) groups is 12. The van der Waals surface area contributed by atoms with Crippen molar-refractivity contribution in [3.05, 3.63) is 70.8 Å². The molecule has 2 aromatic carbocycles. The van der Waals surface area contributed by atoms with Crippen LogP contribution in [-0.2, 0) is 49.6 Å². The van der Waals surface area contributed by atoms with Crippen LogP contribution in [0.2, 0.25) is 0 Å². The van der Waals surface area contributed by atoms with Gasteiger partial charge in [0.15, 0.2) is 0 Å².